The molecular formula is C15H13O3. The van der Waals surface area contributed by atoms with Gasteiger partial charge in [-0.05, 0) is 48.9 Å². The highest BCUT2D eigenvalue weighted by Crippen LogP contribution is 2.18. The monoisotopic (exact) mass is 241 g/mol. The predicted molar refractivity (Wildman–Crippen MR) is 68.9 cm³/mol. The number of benzene rings is 2. The molecule has 3 nitrogen and oxygen atoms in total. The lowest BCUT2D eigenvalue weighted by atomic mass is 10.1. The summed E-state index contributed by atoms with van der Waals surface area (Å²) in [6, 6.07) is 13.8. The number of hydrogen-bond acceptors (Lipinski definition) is 3. The van der Waals surface area contributed by atoms with Crippen molar-refractivity contribution in [2.75, 3.05) is 7.11 Å². The second kappa shape index (κ2) is 5.36. The third-order valence-corrected chi connectivity index (χ3v) is 2.46. The first-order valence-corrected chi connectivity index (χ1v) is 5.47. The van der Waals surface area contributed by atoms with Crippen LogP contribution in [0.25, 0.3) is 0 Å². The molecule has 91 valence electrons. The highest BCUT2D eigenvalue weighted by atomic mass is 16.5. The third-order valence-electron chi connectivity index (χ3n) is 2.46. The van der Waals surface area contributed by atoms with E-state index in [1.807, 2.05) is 0 Å². The van der Waals surface area contributed by atoms with Crippen molar-refractivity contribution in [3.63, 3.8) is 0 Å². The molecule has 0 unspecified atom stereocenters. The van der Waals surface area contributed by atoms with Crippen molar-refractivity contribution in [2.24, 2.45) is 0 Å². The summed E-state index contributed by atoms with van der Waals surface area (Å²) in [6.45, 7) is 3.76. The Labute approximate surface area is 106 Å². The molecule has 0 spiro atoms. The van der Waals surface area contributed by atoms with E-state index < -0.39 is 0 Å². The molecule has 0 amide bonds. The lowest BCUT2D eigenvalue weighted by Gasteiger charge is -2.05. The number of ether oxygens (including phenoxy) is 2. The van der Waals surface area contributed by atoms with Gasteiger partial charge in [-0.15, -0.1) is 0 Å². The van der Waals surface area contributed by atoms with Gasteiger partial charge in [0.2, 0.25) is 0 Å². The average Bonchev–Trinajstić information content (AvgIpc) is 2.40. The van der Waals surface area contributed by atoms with Crippen molar-refractivity contribution in [1.82, 2.24) is 0 Å². The smallest absolute Gasteiger partial charge is 0.343 e. The number of carbonyl (C=O) groups excluding carboxylic acids is 1. The van der Waals surface area contributed by atoms with Crippen LogP contribution >= 0.6 is 0 Å². The van der Waals surface area contributed by atoms with Gasteiger partial charge < -0.3 is 9.47 Å². The molecule has 0 atom stereocenters. The summed E-state index contributed by atoms with van der Waals surface area (Å²) in [5, 5.41) is 0. The summed E-state index contributed by atoms with van der Waals surface area (Å²) >= 11 is 0. The number of hydrogen-bond donors (Lipinski definition) is 0. The fraction of sp³-hybridized carbons (Fsp3) is 0.0667. The summed E-state index contributed by atoms with van der Waals surface area (Å²) in [6.07, 6.45) is 0. The van der Waals surface area contributed by atoms with Crippen molar-refractivity contribution >= 4 is 5.97 Å². The Morgan fingerprint density at radius 3 is 2.06 bits per heavy atom. The largest absolute Gasteiger partial charge is 0.497 e. The molecule has 2 aromatic carbocycles. The minimum absolute atomic E-state index is 0.389. The van der Waals surface area contributed by atoms with Crippen LogP contribution in [-0.4, -0.2) is 13.1 Å². The Morgan fingerprint density at radius 2 is 1.50 bits per heavy atom. The lowest BCUT2D eigenvalue weighted by Crippen LogP contribution is -2.08. The van der Waals surface area contributed by atoms with Crippen LogP contribution in [0.4, 0.5) is 0 Å². The first-order valence-electron chi connectivity index (χ1n) is 5.47. The molecule has 0 heterocycles. The first kappa shape index (κ1) is 12.2. The Balaban J connectivity index is 2.08. The molecule has 0 aromatic heterocycles. The summed E-state index contributed by atoms with van der Waals surface area (Å²) in [5.41, 5.74) is 1.36. The number of rotatable bonds is 3. The molecule has 3 heteroatoms. The van der Waals surface area contributed by atoms with Gasteiger partial charge >= 0.3 is 5.97 Å². The molecular weight excluding hydrogens is 228 g/mol. The second-order valence-corrected chi connectivity index (χ2v) is 3.76. The van der Waals surface area contributed by atoms with Gasteiger partial charge in [-0.3, -0.25) is 0 Å². The molecule has 0 saturated heterocycles. The van der Waals surface area contributed by atoms with Gasteiger partial charge in [0.05, 0.1) is 12.7 Å². The molecule has 2 rings (SSSR count). The van der Waals surface area contributed by atoms with Gasteiger partial charge in [0, 0.05) is 0 Å². The third kappa shape index (κ3) is 2.88. The normalized spacial score (nSPS) is 9.89. The predicted octanol–water partition coefficient (Wildman–Crippen LogP) is 3.10. The molecule has 0 aliphatic heterocycles. The Morgan fingerprint density at radius 1 is 0.944 bits per heavy atom. The highest BCUT2D eigenvalue weighted by molar-refractivity contribution is 5.91. The van der Waals surface area contributed by atoms with Crippen LogP contribution in [0.2, 0.25) is 0 Å². The van der Waals surface area contributed by atoms with Crippen LogP contribution in [0, 0.1) is 6.92 Å². The number of carbonyl (C=O) groups is 1. The first-order chi connectivity index (χ1) is 8.69. The van der Waals surface area contributed by atoms with E-state index in [0.717, 1.165) is 11.3 Å². The maximum atomic E-state index is 11.8. The highest BCUT2D eigenvalue weighted by Gasteiger charge is 2.07. The number of esters is 1. The van der Waals surface area contributed by atoms with E-state index in [0.29, 0.717) is 11.3 Å². The molecule has 0 N–H and O–H groups in total. The quantitative estimate of drug-likeness (QED) is 0.612. The number of methoxy groups -OCH3 is 1. The maximum Gasteiger partial charge on any atom is 0.343 e. The fourth-order valence-corrected chi connectivity index (χ4v) is 1.45. The van der Waals surface area contributed by atoms with E-state index in [1.165, 1.54) is 0 Å². The van der Waals surface area contributed by atoms with Crippen molar-refractivity contribution in [3.05, 3.63) is 66.6 Å². The average molecular weight is 241 g/mol. The van der Waals surface area contributed by atoms with Gasteiger partial charge in [-0.1, -0.05) is 12.1 Å². The van der Waals surface area contributed by atoms with E-state index in [9.17, 15) is 4.79 Å². The standard InChI is InChI=1S/C15H13O3/c1-11-3-5-12(6-4-11)15(16)18-14-9-7-13(17-2)8-10-14/h3-10H,1H2,2H3. The van der Waals surface area contributed by atoms with Crippen LogP contribution in [0.5, 0.6) is 11.5 Å². The molecule has 0 saturated carbocycles. The molecule has 0 bridgehead atoms. The van der Waals surface area contributed by atoms with E-state index >= 15 is 0 Å². The van der Waals surface area contributed by atoms with Crippen molar-refractivity contribution in [3.8, 4) is 11.5 Å². The van der Waals surface area contributed by atoms with E-state index in [-0.39, 0.29) is 5.97 Å². The Hall–Kier alpha value is -2.29. The van der Waals surface area contributed by atoms with Crippen LogP contribution in [0.1, 0.15) is 15.9 Å². The van der Waals surface area contributed by atoms with Gasteiger partial charge in [0.25, 0.3) is 0 Å². The van der Waals surface area contributed by atoms with Gasteiger partial charge in [0.15, 0.2) is 0 Å². The zero-order valence-electron chi connectivity index (χ0n) is 10.1. The van der Waals surface area contributed by atoms with Crippen molar-refractivity contribution in [2.45, 2.75) is 0 Å². The zero-order chi connectivity index (χ0) is 13.0. The molecule has 0 fully saturated rings. The summed E-state index contributed by atoms with van der Waals surface area (Å²) in [7, 11) is 1.58. The topological polar surface area (TPSA) is 35.5 Å². The van der Waals surface area contributed by atoms with Crippen LogP contribution < -0.4 is 9.47 Å². The SMILES string of the molecule is [CH2]c1ccc(C(=O)Oc2ccc(OC)cc2)cc1. The lowest BCUT2D eigenvalue weighted by molar-refractivity contribution is 0.0734. The van der Waals surface area contributed by atoms with Crippen LogP contribution in [0.3, 0.4) is 0 Å². The molecule has 2 aromatic rings. The van der Waals surface area contributed by atoms with Gasteiger partial charge in [0.1, 0.15) is 11.5 Å². The fourth-order valence-electron chi connectivity index (χ4n) is 1.45. The molecule has 18 heavy (non-hydrogen) atoms. The van der Waals surface area contributed by atoms with E-state index in [4.69, 9.17) is 9.47 Å². The van der Waals surface area contributed by atoms with Crippen LogP contribution in [0.15, 0.2) is 48.5 Å². The van der Waals surface area contributed by atoms with Crippen LogP contribution in [-0.2, 0) is 0 Å². The van der Waals surface area contributed by atoms with Crippen molar-refractivity contribution < 1.29 is 14.3 Å². The Kier molecular flexibility index (Phi) is 3.63. The summed E-state index contributed by atoms with van der Waals surface area (Å²) in [5.74, 6) is 0.816. The summed E-state index contributed by atoms with van der Waals surface area (Å²) < 4.78 is 10.2. The molecule has 1 radical (unpaired) electrons. The van der Waals surface area contributed by atoms with Gasteiger partial charge in [-0.25, -0.2) is 4.79 Å². The van der Waals surface area contributed by atoms with Gasteiger partial charge in [-0.2, -0.15) is 0 Å². The van der Waals surface area contributed by atoms with Crippen molar-refractivity contribution in [1.29, 1.82) is 0 Å². The minimum atomic E-state index is -0.389. The zero-order valence-corrected chi connectivity index (χ0v) is 10.1. The molecule has 0 aliphatic carbocycles. The van der Waals surface area contributed by atoms with E-state index in [1.54, 1.807) is 55.6 Å². The van der Waals surface area contributed by atoms with E-state index in [2.05, 4.69) is 6.92 Å². The summed E-state index contributed by atoms with van der Waals surface area (Å²) in [4.78, 5) is 11.8. The second-order valence-electron chi connectivity index (χ2n) is 3.76. The minimum Gasteiger partial charge on any atom is -0.497 e. The maximum absolute atomic E-state index is 11.8. The molecule has 0 aliphatic rings. The Bertz CT molecular complexity index is 527.